The number of rotatable bonds is 3. The van der Waals surface area contributed by atoms with E-state index in [1.165, 1.54) is 6.07 Å². The summed E-state index contributed by atoms with van der Waals surface area (Å²) >= 11 is 0. The molecule has 0 spiro atoms. The Hall–Kier alpha value is -1.56. The molecule has 4 nitrogen and oxygen atoms in total. The monoisotopic (exact) mass is 285 g/mol. The summed E-state index contributed by atoms with van der Waals surface area (Å²) in [6.45, 7) is 0. The van der Waals surface area contributed by atoms with E-state index in [9.17, 15) is 8.78 Å². The summed E-state index contributed by atoms with van der Waals surface area (Å²) in [6.07, 6.45) is 0.806. The van der Waals surface area contributed by atoms with Gasteiger partial charge in [0.25, 0.3) is 0 Å². The molecule has 6 heteroatoms. The van der Waals surface area contributed by atoms with E-state index in [0.717, 1.165) is 31.4 Å². The predicted octanol–water partition coefficient (Wildman–Crippen LogP) is 3.38. The normalized spacial score (nSPS) is 27.4. The third kappa shape index (κ3) is 2.80. The summed E-state index contributed by atoms with van der Waals surface area (Å²) in [6, 6.07) is 5.12. The Bertz CT molecular complexity index is 487. The number of nitrogens with one attached hydrogen (secondary N) is 1. The first kappa shape index (κ1) is 13.4. The molecule has 1 aromatic carbocycles. The smallest absolute Gasteiger partial charge is 0.395 e. The molecule has 1 heterocycles. The van der Waals surface area contributed by atoms with Gasteiger partial charge in [-0.15, -0.1) is 8.78 Å². The molecule has 1 N–H and O–H groups in total. The Morgan fingerprint density at radius 2 is 1.85 bits per heavy atom. The first-order chi connectivity index (χ1) is 9.55. The van der Waals surface area contributed by atoms with E-state index in [2.05, 4.69) is 14.8 Å². The highest BCUT2D eigenvalue weighted by atomic mass is 19.3. The lowest BCUT2D eigenvalue weighted by Crippen LogP contribution is -2.29. The van der Waals surface area contributed by atoms with E-state index < -0.39 is 6.29 Å². The molecule has 0 aromatic heterocycles. The van der Waals surface area contributed by atoms with Gasteiger partial charge in [-0.25, -0.2) is 0 Å². The number of halogens is 2. The number of hydrogen-bond acceptors (Lipinski definition) is 4. The van der Waals surface area contributed by atoms with Crippen LogP contribution in [0.4, 0.5) is 14.5 Å². The molecule has 1 aliphatic carbocycles. The molecule has 0 saturated heterocycles. The largest absolute Gasteiger partial charge is 0.586 e. The minimum atomic E-state index is -3.56. The average molecular weight is 285 g/mol. The predicted molar refractivity (Wildman–Crippen MR) is 69.3 cm³/mol. The molecule has 0 amide bonds. The van der Waals surface area contributed by atoms with Gasteiger partial charge < -0.3 is 19.5 Å². The van der Waals surface area contributed by atoms with Crippen molar-refractivity contribution in [2.45, 2.75) is 44.1 Å². The van der Waals surface area contributed by atoms with E-state index in [1.54, 1.807) is 19.2 Å². The highest BCUT2D eigenvalue weighted by Crippen LogP contribution is 2.42. The first-order valence-electron chi connectivity index (χ1n) is 6.75. The van der Waals surface area contributed by atoms with E-state index in [-0.39, 0.29) is 11.5 Å². The van der Waals surface area contributed by atoms with Gasteiger partial charge in [0.15, 0.2) is 11.5 Å². The number of hydrogen-bond donors (Lipinski definition) is 1. The second-order valence-corrected chi connectivity index (χ2v) is 5.18. The van der Waals surface area contributed by atoms with Crippen molar-refractivity contribution in [3.05, 3.63) is 18.2 Å². The van der Waals surface area contributed by atoms with Crippen LogP contribution in [0.25, 0.3) is 0 Å². The minimum absolute atomic E-state index is 0.0728. The zero-order valence-electron chi connectivity index (χ0n) is 11.2. The van der Waals surface area contributed by atoms with Crippen LogP contribution in [0, 0.1) is 0 Å². The fraction of sp³-hybridized carbons (Fsp3) is 0.571. The third-order valence-corrected chi connectivity index (χ3v) is 3.78. The van der Waals surface area contributed by atoms with Crippen molar-refractivity contribution in [1.82, 2.24) is 0 Å². The first-order valence-corrected chi connectivity index (χ1v) is 6.75. The van der Waals surface area contributed by atoms with Gasteiger partial charge in [0.2, 0.25) is 0 Å². The Morgan fingerprint density at radius 3 is 2.55 bits per heavy atom. The topological polar surface area (TPSA) is 39.7 Å². The Balaban J connectivity index is 1.63. The molecule has 0 bridgehead atoms. The van der Waals surface area contributed by atoms with Gasteiger partial charge >= 0.3 is 6.29 Å². The molecule has 1 fully saturated rings. The number of fused-ring (bicyclic) bond motifs is 1. The van der Waals surface area contributed by atoms with E-state index in [1.807, 2.05) is 0 Å². The van der Waals surface area contributed by atoms with Gasteiger partial charge in [-0.3, -0.25) is 0 Å². The lowest BCUT2D eigenvalue weighted by molar-refractivity contribution is -0.286. The minimum Gasteiger partial charge on any atom is -0.395 e. The van der Waals surface area contributed by atoms with E-state index in [0.29, 0.717) is 12.1 Å². The van der Waals surface area contributed by atoms with Crippen molar-refractivity contribution >= 4 is 5.69 Å². The fourth-order valence-electron chi connectivity index (χ4n) is 2.72. The van der Waals surface area contributed by atoms with Crippen LogP contribution in [0.1, 0.15) is 25.7 Å². The van der Waals surface area contributed by atoms with Crippen LogP contribution in [0.3, 0.4) is 0 Å². The number of benzene rings is 1. The molecule has 3 rings (SSSR count). The molecule has 1 aliphatic heterocycles. The SMILES string of the molecule is COC1CCC(Nc2ccc3c(c2)OC(F)(F)O3)CC1. The standard InChI is InChI=1S/C14H17F2NO3/c1-18-11-5-2-9(3-6-11)17-10-4-7-12-13(8-10)20-14(15,16)19-12/h4,7-9,11,17H,2-3,5-6H2,1H3. The highest BCUT2D eigenvalue weighted by molar-refractivity contribution is 5.56. The fourth-order valence-corrected chi connectivity index (χ4v) is 2.72. The zero-order chi connectivity index (χ0) is 14.2. The second kappa shape index (κ2) is 5.09. The number of alkyl halides is 2. The summed E-state index contributed by atoms with van der Waals surface area (Å²) < 4.78 is 40.0. The average Bonchev–Trinajstić information content (AvgIpc) is 2.73. The molecule has 20 heavy (non-hydrogen) atoms. The molecular weight excluding hydrogens is 268 g/mol. The maximum atomic E-state index is 12.9. The van der Waals surface area contributed by atoms with Crippen molar-refractivity contribution in [3.63, 3.8) is 0 Å². The number of anilines is 1. The summed E-state index contributed by atoms with van der Waals surface area (Å²) in [4.78, 5) is 0. The summed E-state index contributed by atoms with van der Waals surface area (Å²) in [5.74, 6) is 0.147. The lowest BCUT2D eigenvalue weighted by Gasteiger charge is -2.28. The van der Waals surface area contributed by atoms with Crippen LogP contribution in [0.15, 0.2) is 18.2 Å². The van der Waals surface area contributed by atoms with E-state index >= 15 is 0 Å². The van der Waals surface area contributed by atoms with Gasteiger partial charge in [0, 0.05) is 24.9 Å². The highest BCUT2D eigenvalue weighted by Gasteiger charge is 2.43. The Kier molecular flexibility index (Phi) is 3.41. The molecule has 2 aliphatic rings. The van der Waals surface area contributed by atoms with Crippen LogP contribution in [0.5, 0.6) is 11.5 Å². The molecule has 1 aromatic rings. The van der Waals surface area contributed by atoms with Crippen molar-refractivity contribution in [2.24, 2.45) is 0 Å². The van der Waals surface area contributed by atoms with Crippen molar-refractivity contribution in [1.29, 1.82) is 0 Å². The van der Waals surface area contributed by atoms with Crippen molar-refractivity contribution < 1.29 is 23.0 Å². The maximum Gasteiger partial charge on any atom is 0.586 e. The molecular formula is C14H17F2NO3. The Labute approximate surface area is 116 Å². The summed E-state index contributed by atoms with van der Waals surface area (Å²) in [5.41, 5.74) is 0.769. The van der Waals surface area contributed by atoms with Crippen molar-refractivity contribution in [3.8, 4) is 11.5 Å². The molecule has 0 atom stereocenters. The van der Waals surface area contributed by atoms with Crippen LogP contribution in [-0.2, 0) is 4.74 Å². The summed E-state index contributed by atoms with van der Waals surface area (Å²) in [7, 11) is 1.73. The molecule has 110 valence electrons. The van der Waals surface area contributed by atoms with Crippen LogP contribution in [0.2, 0.25) is 0 Å². The van der Waals surface area contributed by atoms with Gasteiger partial charge in [-0.2, -0.15) is 0 Å². The zero-order valence-corrected chi connectivity index (χ0v) is 11.2. The van der Waals surface area contributed by atoms with E-state index in [4.69, 9.17) is 4.74 Å². The van der Waals surface area contributed by atoms with Crippen LogP contribution >= 0.6 is 0 Å². The third-order valence-electron chi connectivity index (χ3n) is 3.78. The molecule has 1 saturated carbocycles. The Morgan fingerprint density at radius 1 is 1.15 bits per heavy atom. The van der Waals surface area contributed by atoms with Gasteiger partial charge in [-0.05, 0) is 37.8 Å². The van der Waals surface area contributed by atoms with Crippen molar-refractivity contribution in [2.75, 3.05) is 12.4 Å². The van der Waals surface area contributed by atoms with Crippen LogP contribution < -0.4 is 14.8 Å². The maximum absolute atomic E-state index is 12.9. The number of ether oxygens (including phenoxy) is 3. The number of methoxy groups -OCH3 is 1. The van der Waals surface area contributed by atoms with Crippen LogP contribution in [-0.4, -0.2) is 25.6 Å². The van der Waals surface area contributed by atoms with Gasteiger partial charge in [0.1, 0.15) is 0 Å². The summed E-state index contributed by atoms with van der Waals surface area (Å²) in [5, 5.41) is 3.35. The quantitative estimate of drug-likeness (QED) is 0.924. The van der Waals surface area contributed by atoms with Gasteiger partial charge in [-0.1, -0.05) is 0 Å². The molecule has 0 unspecified atom stereocenters. The molecule has 0 radical (unpaired) electrons. The second-order valence-electron chi connectivity index (χ2n) is 5.18. The lowest BCUT2D eigenvalue weighted by atomic mass is 9.93. The van der Waals surface area contributed by atoms with Gasteiger partial charge in [0.05, 0.1) is 6.10 Å².